The van der Waals surface area contributed by atoms with Gasteiger partial charge in [0, 0.05) is 22.7 Å². The van der Waals surface area contributed by atoms with Gasteiger partial charge in [-0.3, -0.25) is 4.79 Å². The summed E-state index contributed by atoms with van der Waals surface area (Å²) in [4.78, 5) is 16.7. The van der Waals surface area contributed by atoms with Crippen molar-refractivity contribution in [2.24, 2.45) is 0 Å². The zero-order valence-corrected chi connectivity index (χ0v) is 15.2. The molecular weight excluding hydrogens is 330 g/mol. The number of aromatic nitrogens is 2. The highest BCUT2D eigenvalue weighted by atomic mass is 16.5. The highest BCUT2D eigenvalue weighted by Gasteiger charge is 2.15. The number of hydrogen-bond donors (Lipinski definition) is 1. The lowest BCUT2D eigenvalue weighted by Crippen LogP contribution is -2.30. The Labute approximate surface area is 152 Å². The predicted octanol–water partition coefficient (Wildman–Crippen LogP) is 3.86. The van der Waals surface area contributed by atoms with Gasteiger partial charge in [0.1, 0.15) is 5.75 Å². The minimum atomic E-state index is -0.128. The number of hydrogen-bond acceptors (Lipinski definition) is 5. The third-order valence-corrected chi connectivity index (χ3v) is 3.89. The van der Waals surface area contributed by atoms with Crippen LogP contribution in [0.15, 0.2) is 47.0 Å². The van der Waals surface area contributed by atoms with Gasteiger partial charge >= 0.3 is 0 Å². The second kappa shape index (κ2) is 7.39. The molecule has 1 amide bonds. The largest absolute Gasteiger partial charge is 0.497 e. The van der Waals surface area contributed by atoms with Gasteiger partial charge in [0.2, 0.25) is 5.82 Å². The number of carbonyl (C=O) groups excluding carboxylic acids is 1. The molecular formula is C20H21N3O3. The van der Waals surface area contributed by atoms with E-state index in [1.54, 1.807) is 25.3 Å². The number of methoxy groups -OCH3 is 1. The van der Waals surface area contributed by atoms with Crippen LogP contribution in [0.1, 0.15) is 29.8 Å². The Morgan fingerprint density at radius 3 is 2.69 bits per heavy atom. The highest BCUT2D eigenvalue weighted by Crippen LogP contribution is 2.27. The summed E-state index contributed by atoms with van der Waals surface area (Å²) in [6.07, 6.45) is 0. The molecule has 0 saturated heterocycles. The molecule has 0 saturated carbocycles. The fraction of sp³-hybridized carbons (Fsp3) is 0.250. The van der Waals surface area contributed by atoms with Crippen molar-refractivity contribution < 1.29 is 14.1 Å². The van der Waals surface area contributed by atoms with Gasteiger partial charge in [-0.05, 0) is 56.7 Å². The van der Waals surface area contributed by atoms with Crippen LogP contribution in [0.4, 0.5) is 0 Å². The van der Waals surface area contributed by atoms with E-state index in [0.717, 1.165) is 22.4 Å². The Hall–Kier alpha value is -3.15. The van der Waals surface area contributed by atoms with E-state index in [1.807, 2.05) is 45.0 Å². The Morgan fingerprint density at radius 2 is 2.00 bits per heavy atom. The summed E-state index contributed by atoms with van der Waals surface area (Å²) in [6.45, 7) is 5.80. The highest BCUT2D eigenvalue weighted by molar-refractivity contribution is 5.95. The Kier molecular flexibility index (Phi) is 5.02. The number of amides is 1. The summed E-state index contributed by atoms with van der Waals surface area (Å²) < 4.78 is 10.6. The van der Waals surface area contributed by atoms with Crippen LogP contribution in [0, 0.1) is 6.92 Å². The molecule has 6 heteroatoms. The quantitative estimate of drug-likeness (QED) is 0.755. The normalized spacial score (nSPS) is 10.8. The first-order valence-corrected chi connectivity index (χ1v) is 8.38. The molecule has 2 aromatic carbocycles. The van der Waals surface area contributed by atoms with E-state index in [2.05, 4.69) is 15.5 Å². The number of nitrogens with one attached hydrogen (secondary N) is 1. The zero-order chi connectivity index (χ0) is 18.7. The molecule has 0 aliphatic carbocycles. The van der Waals surface area contributed by atoms with Gasteiger partial charge < -0.3 is 14.6 Å². The SMILES string of the molecule is COc1ccc(-c2nc(-c3cccc(C(=O)NC(C)C)c3)no2)c(C)c1. The summed E-state index contributed by atoms with van der Waals surface area (Å²) >= 11 is 0. The molecule has 1 heterocycles. The Morgan fingerprint density at radius 1 is 1.19 bits per heavy atom. The first-order chi connectivity index (χ1) is 12.5. The lowest BCUT2D eigenvalue weighted by molar-refractivity contribution is 0.0943. The van der Waals surface area contributed by atoms with Gasteiger partial charge in [-0.15, -0.1) is 0 Å². The standard InChI is InChI=1S/C20H21N3O3/c1-12(2)21-19(24)15-7-5-6-14(11-15)18-22-20(26-23-18)17-9-8-16(25-4)10-13(17)3/h5-12H,1-4H3,(H,21,24). The number of benzene rings is 2. The maximum absolute atomic E-state index is 12.2. The summed E-state index contributed by atoms with van der Waals surface area (Å²) in [7, 11) is 1.63. The summed E-state index contributed by atoms with van der Waals surface area (Å²) in [5.41, 5.74) is 3.11. The van der Waals surface area contributed by atoms with Crippen LogP contribution in [-0.4, -0.2) is 29.2 Å². The molecule has 3 aromatic rings. The van der Waals surface area contributed by atoms with E-state index in [1.165, 1.54) is 0 Å². The molecule has 3 rings (SSSR count). The minimum absolute atomic E-state index is 0.0704. The van der Waals surface area contributed by atoms with Crippen LogP contribution in [0.2, 0.25) is 0 Å². The summed E-state index contributed by atoms with van der Waals surface area (Å²) in [6, 6.07) is 12.9. The van der Waals surface area contributed by atoms with Crippen LogP contribution < -0.4 is 10.1 Å². The smallest absolute Gasteiger partial charge is 0.258 e. The van der Waals surface area contributed by atoms with Gasteiger partial charge in [-0.25, -0.2) is 0 Å². The van der Waals surface area contributed by atoms with Gasteiger partial charge in [-0.1, -0.05) is 17.3 Å². The third kappa shape index (κ3) is 3.74. The Bertz CT molecular complexity index is 932. The fourth-order valence-electron chi connectivity index (χ4n) is 2.60. The van der Waals surface area contributed by atoms with E-state index >= 15 is 0 Å². The average molecular weight is 351 g/mol. The molecule has 1 aromatic heterocycles. The average Bonchev–Trinajstić information content (AvgIpc) is 3.11. The third-order valence-electron chi connectivity index (χ3n) is 3.89. The first kappa shape index (κ1) is 17.7. The lowest BCUT2D eigenvalue weighted by Gasteiger charge is -2.08. The molecule has 0 spiro atoms. The number of nitrogens with zero attached hydrogens (tertiary/aromatic N) is 2. The molecule has 6 nitrogen and oxygen atoms in total. The van der Waals surface area contributed by atoms with Crippen molar-refractivity contribution in [1.29, 1.82) is 0 Å². The van der Waals surface area contributed by atoms with E-state index in [0.29, 0.717) is 17.3 Å². The maximum Gasteiger partial charge on any atom is 0.258 e. The van der Waals surface area contributed by atoms with Crippen molar-refractivity contribution in [3.8, 4) is 28.6 Å². The minimum Gasteiger partial charge on any atom is -0.497 e. The van der Waals surface area contributed by atoms with Gasteiger partial charge in [0.25, 0.3) is 11.8 Å². The van der Waals surface area contributed by atoms with Crippen LogP contribution in [-0.2, 0) is 0 Å². The molecule has 0 unspecified atom stereocenters. The summed E-state index contributed by atoms with van der Waals surface area (Å²) in [5.74, 6) is 1.51. The molecule has 0 atom stereocenters. The van der Waals surface area contributed by atoms with Crippen LogP contribution in [0.3, 0.4) is 0 Å². The number of carbonyl (C=O) groups is 1. The maximum atomic E-state index is 12.2. The molecule has 0 aliphatic heterocycles. The molecule has 26 heavy (non-hydrogen) atoms. The van der Waals surface area contributed by atoms with Crippen molar-refractivity contribution in [3.63, 3.8) is 0 Å². The number of rotatable bonds is 5. The number of aryl methyl sites for hydroxylation is 1. The van der Waals surface area contributed by atoms with Crippen molar-refractivity contribution in [1.82, 2.24) is 15.5 Å². The second-order valence-corrected chi connectivity index (χ2v) is 6.31. The van der Waals surface area contributed by atoms with E-state index in [4.69, 9.17) is 9.26 Å². The van der Waals surface area contributed by atoms with Crippen molar-refractivity contribution >= 4 is 5.91 Å². The van der Waals surface area contributed by atoms with Crippen molar-refractivity contribution in [2.45, 2.75) is 26.8 Å². The van der Waals surface area contributed by atoms with Gasteiger partial charge in [-0.2, -0.15) is 4.98 Å². The fourth-order valence-corrected chi connectivity index (χ4v) is 2.60. The topological polar surface area (TPSA) is 77.2 Å². The van der Waals surface area contributed by atoms with E-state index in [-0.39, 0.29) is 11.9 Å². The molecule has 0 fully saturated rings. The van der Waals surface area contributed by atoms with E-state index in [9.17, 15) is 4.79 Å². The number of ether oxygens (including phenoxy) is 1. The van der Waals surface area contributed by atoms with Crippen molar-refractivity contribution in [3.05, 3.63) is 53.6 Å². The van der Waals surface area contributed by atoms with Crippen molar-refractivity contribution in [2.75, 3.05) is 7.11 Å². The molecule has 134 valence electrons. The second-order valence-electron chi connectivity index (χ2n) is 6.31. The lowest BCUT2D eigenvalue weighted by atomic mass is 10.1. The van der Waals surface area contributed by atoms with Gasteiger partial charge in [0.15, 0.2) is 0 Å². The summed E-state index contributed by atoms with van der Waals surface area (Å²) in [5, 5.41) is 6.93. The molecule has 1 N–H and O–H groups in total. The van der Waals surface area contributed by atoms with Gasteiger partial charge in [0.05, 0.1) is 7.11 Å². The molecule has 0 radical (unpaired) electrons. The zero-order valence-electron chi connectivity index (χ0n) is 15.2. The monoisotopic (exact) mass is 351 g/mol. The van der Waals surface area contributed by atoms with Crippen LogP contribution in [0.5, 0.6) is 5.75 Å². The Balaban J connectivity index is 1.90. The first-order valence-electron chi connectivity index (χ1n) is 8.38. The predicted molar refractivity (Wildman–Crippen MR) is 99.1 cm³/mol. The molecule has 0 bridgehead atoms. The molecule has 0 aliphatic rings. The van der Waals surface area contributed by atoms with Crippen LogP contribution in [0.25, 0.3) is 22.8 Å². The van der Waals surface area contributed by atoms with Crippen LogP contribution >= 0.6 is 0 Å². The van der Waals surface area contributed by atoms with E-state index < -0.39 is 0 Å².